The molecule has 2 aromatic carbocycles. The quantitative estimate of drug-likeness (QED) is 0.774. The molecule has 2 heteroatoms. The van der Waals surface area contributed by atoms with Crippen LogP contribution >= 0.6 is 0 Å². The van der Waals surface area contributed by atoms with Gasteiger partial charge in [-0.1, -0.05) is 0 Å². The molecule has 1 atom stereocenters. The molecule has 0 amide bonds. The van der Waals surface area contributed by atoms with Crippen molar-refractivity contribution >= 4 is 19.4 Å². The zero-order valence-electron chi connectivity index (χ0n) is 11.4. The monoisotopic (exact) mass is 319 g/mol. The summed E-state index contributed by atoms with van der Waals surface area (Å²) in [5.74, 6) is 0. The Balaban J connectivity index is 1.77. The molecule has 0 radical (unpaired) electrons. The summed E-state index contributed by atoms with van der Waals surface area (Å²) in [6.07, 6.45) is 1.25. The second-order valence-electron chi connectivity index (χ2n) is 4.58. The van der Waals surface area contributed by atoms with Gasteiger partial charge in [0.1, 0.15) is 0 Å². The van der Waals surface area contributed by atoms with Gasteiger partial charge in [-0.25, -0.2) is 0 Å². The van der Waals surface area contributed by atoms with Crippen molar-refractivity contribution in [2.24, 2.45) is 0 Å². The van der Waals surface area contributed by atoms with E-state index < -0.39 is 0 Å². The summed E-state index contributed by atoms with van der Waals surface area (Å²) in [5.41, 5.74) is 1.37. The maximum absolute atomic E-state index is 3.59. The van der Waals surface area contributed by atoms with Gasteiger partial charge in [-0.2, -0.15) is 0 Å². The van der Waals surface area contributed by atoms with Gasteiger partial charge in [-0.05, 0) is 0 Å². The van der Waals surface area contributed by atoms with Crippen LogP contribution < -0.4 is 9.78 Å². The number of hydrogen-bond acceptors (Lipinski definition) is 1. The Morgan fingerprint density at radius 2 is 1.58 bits per heavy atom. The van der Waals surface area contributed by atoms with Gasteiger partial charge < -0.3 is 0 Å². The molecule has 0 aliphatic rings. The first kappa shape index (κ1) is 14.3. The molecule has 0 aromatic heterocycles. The van der Waals surface area contributed by atoms with Crippen molar-refractivity contribution in [3.63, 3.8) is 0 Å². The Morgan fingerprint density at radius 3 is 2.21 bits per heavy atom. The van der Waals surface area contributed by atoms with E-state index in [1.165, 1.54) is 16.4 Å². The minimum absolute atomic E-state index is 0.569. The van der Waals surface area contributed by atoms with Crippen molar-refractivity contribution in [3.8, 4) is 0 Å². The summed E-state index contributed by atoms with van der Waals surface area (Å²) in [5, 5.41) is 3.59. The van der Waals surface area contributed by atoms with E-state index in [9.17, 15) is 0 Å². The zero-order valence-corrected chi connectivity index (χ0v) is 13.1. The van der Waals surface area contributed by atoms with Crippen LogP contribution in [0.25, 0.3) is 0 Å². The number of rotatable bonds is 7. The predicted molar refractivity (Wildman–Crippen MR) is 84.0 cm³/mol. The Labute approximate surface area is 122 Å². The average Bonchev–Trinajstić information content (AvgIpc) is 2.48. The van der Waals surface area contributed by atoms with Crippen LogP contribution in [0.2, 0.25) is 4.82 Å². The van der Waals surface area contributed by atoms with Crippen LogP contribution in [0.5, 0.6) is 0 Å². The van der Waals surface area contributed by atoms with Crippen molar-refractivity contribution in [2.45, 2.75) is 24.7 Å². The summed E-state index contributed by atoms with van der Waals surface area (Å²) < 4.78 is 1.50. The van der Waals surface area contributed by atoms with Crippen LogP contribution in [-0.4, -0.2) is 21.5 Å². The summed E-state index contributed by atoms with van der Waals surface area (Å²) >= 11 is 0.569. The van der Waals surface area contributed by atoms with Gasteiger partial charge in [-0.15, -0.1) is 0 Å². The molecular formula is C17H21NSe. The van der Waals surface area contributed by atoms with E-state index >= 15 is 0 Å². The van der Waals surface area contributed by atoms with E-state index in [2.05, 4.69) is 72.9 Å². The third kappa shape index (κ3) is 5.20. The van der Waals surface area contributed by atoms with Gasteiger partial charge in [0.15, 0.2) is 0 Å². The number of nitrogens with one attached hydrogen (secondary N) is 1. The molecule has 19 heavy (non-hydrogen) atoms. The van der Waals surface area contributed by atoms with Crippen LogP contribution in [0.15, 0.2) is 60.7 Å². The van der Waals surface area contributed by atoms with Crippen LogP contribution in [0.1, 0.15) is 18.9 Å². The molecule has 0 heterocycles. The molecule has 0 saturated carbocycles. The molecule has 0 aliphatic carbocycles. The Hall–Kier alpha value is -1.08. The molecule has 0 saturated heterocycles. The first-order chi connectivity index (χ1) is 9.38. The van der Waals surface area contributed by atoms with Crippen molar-refractivity contribution in [1.82, 2.24) is 5.32 Å². The van der Waals surface area contributed by atoms with Crippen LogP contribution in [0.4, 0.5) is 0 Å². The summed E-state index contributed by atoms with van der Waals surface area (Å²) in [6.45, 7) is 4.38. The van der Waals surface area contributed by atoms with E-state index in [0.29, 0.717) is 15.0 Å². The van der Waals surface area contributed by atoms with Gasteiger partial charge in [0.05, 0.1) is 0 Å². The molecule has 1 nitrogen and oxygen atoms in total. The third-order valence-electron chi connectivity index (χ3n) is 3.05. The van der Waals surface area contributed by atoms with Crippen LogP contribution in [0.3, 0.4) is 0 Å². The van der Waals surface area contributed by atoms with E-state index in [0.717, 1.165) is 17.9 Å². The summed E-state index contributed by atoms with van der Waals surface area (Å²) in [6, 6.07) is 21.5. The predicted octanol–water partition coefficient (Wildman–Crippen LogP) is 3.00. The molecule has 0 aliphatic heterocycles. The second-order valence-corrected chi connectivity index (χ2v) is 7.46. The van der Waals surface area contributed by atoms with Crippen molar-refractivity contribution < 1.29 is 0 Å². The number of benzene rings is 2. The number of hydrogen-bond donors (Lipinski definition) is 1. The standard InChI is InChI=1S/C17H21NSe/c1-2-16(19-17-11-7-4-8-12-17)14-18-13-15-9-5-3-6-10-15/h3-12,16,18H,2,13-14H2,1H3. The first-order valence-corrected chi connectivity index (χ1v) is 8.69. The van der Waals surface area contributed by atoms with E-state index in [-0.39, 0.29) is 0 Å². The minimum atomic E-state index is 0.569. The molecule has 0 bridgehead atoms. The van der Waals surface area contributed by atoms with E-state index in [1.807, 2.05) is 0 Å². The van der Waals surface area contributed by atoms with Crippen LogP contribution in [0, 0.1) is 0 Å². The third-order valence-corrected chi connectivity index (χ3v) is 5.94. The van der Waals surface area contributed by atoms with Gasteiger partial charge >= 0.3 is 122 Å². The molecule has 2 aromatic rings. The van der Waals surface area contributed by atoms with Gasteiger partial charge in [0.2, 0.25) is 0 Å². The van der Waals surface area contributed by atoms with E-state index in [4.69, 9.17) is 0 Å². The molecule has 0 fully saturated rings. The summed E-state index contributed by atoms with van der Waals surface area (Å²) in [4.78, 5) is 0.776. The fourth-order valence-corrected chi connectivity index (χ4v) is 4.17. The topological polar surface area (TPSA) is 12.0 Å². The van der Waals surface area contributed by atoms with Crippen molar-refractivity contribution in [3.05, 3.63) is 66.2 Å². The zero-order chi connectivity index (χ0) is 13.3. The SMILES string of the molecule is CCC(CNCc1ccccc1)[Se]c1ccccc1. The van der Waals surface area contributed by atoms with Crippen molar-refractivity contribution in [2.75, 3.05) is 6.54 Å². The molecule has 2 rings (SSSR count). The van der Waals surface area contributed by atoms with Crippen LogP contribution in [-0.2, 0) is 6.54 Å². The maximum atomic E-state index is 3.59. The Morgan fingerprint density at radius 1 is 0.947 bits per heavy atom. The molecule has 1 N–H and O–H groups in total. The molecule has 100 valence electrons. The van der Waals surface area contributed by atoms with E-state index in [1.54, 1.807) is 0 Å². The van der Waals surface area contributed by atoms with Gasteiger partial charge in [-0.3, -0.25) is 0 Å². The molecule has 1 unspecified atom stereocenters. The van der Waals surface area contributed by atoms with Gasteiger partial charge in [0.25, 0.3) is 0 Å². The fraction of sp³-hybridized carbons (Fsp3) is 0.294. The first-order valence-electron chi connectivity index (χ1n) is 6.85. The van der Waals surface area contributed by atoms with Crippen molar-refractivity contribution in [1.29, 1.82) is 0 Å². The molecular weight excluding hydrogens is 297 g/mol. The second kappa shape index (κ2) is 8.16. The Kier molecular flexibility index (Phi) is 6.16. The Bertz CT molecular complexity index is 455. The van der Waals surface area contributed by atoms with Gasteiger partial charge in [0, 0.05) is 0 Å². The molecule has 0 spiro atoms. The fourth-order valence-electron chi connectivity index (χ4n) is 1.93. The normalized spacial score (nSPS) is 12.3. The summed E-state index contributed by atoms with van der Waals surface area (Å²) in [7, 11) is 0. The average molecular weight is 318 g/mol.